The predicted molar refractivity (Wildman–Crippen MR) is 82.4 cm³/mol. The zero-order chi connectivity index (χ0) is 15.9. The van der Waals surface area contributed by atoms with Crippen LogP contribution in [0.25, 0.3) is 0 Å². The van der Waals surface area contributed by atoms with Crippen LogP contribution in [0.5, 0.6) is 0 Å². The first-order valence-corrected chi connectivity index (χ1v) is 7.80. The van der Waals surface area contributed by atoms with Crippen LogP contribution in [0.3, 0.4) is 0 Å². The first kappa shape index (κ1) is 14.8. The molecule has 0 aliphatic carbocycles. The summed E-state index contributed by atoms with van der Waals surface area (Å²) in [5.74, 6) is -0.968. The van der Waals surface area contributed by atoms with Gasteiger partial charge in [0.05, 0.1) is 11.3 Å². The number of amides is 3. The number of hydrogen-bond acceptors (Lipinski definition) is 3. The lowest BCUT2D eigenvalue weighted by Gasteiger charge is -2.34. The van der Waals surface area contributed by atoms with Gasteiger partial charge in [-0.25, -0.2) is 4.90 Å². The fourth-order valence-electron chi connectivity index (χ4n) is 3.19. The number of hydrogen-bond donors (Lipinski definition) is 0. The lowest BCUT2D eigenvalue weighted by molar-refractivity contribution is -0.131. The van der Waals surface area contributed by atoms with Gasteiger partial charge in [-0.15, -0.1) is 0 Å². The molecule has 1 aromatic carbocycles. The molecular weight excluding hydrogens is 280 g/mol. The molecule has 116 valence electrons. The van der Waals surface area contributed by atoms with E-state index in [0.29, 0.717) is 24.2 Å². The van der Waals surface area contributed by atoms with E-state index in [1.807, 2.05) is 0 Å². The molecule has 5 heteroatoms. The summed E-state index contributed by atoms with van der Waals surface area (Å²) in [6.45, 7) is 4.11. The van der Waals surface area contributed by atoms with Crippen molar-refractivity contribution in [3.8, 4) is 0 Å². The zero-order valence-corrected chi connectivity index (χ0v) is 12.9. The van der Waals surface area contributed by atoms with E-state index in [-0.39, 0.29) is 23.6 Å². The van der Waals surface area contributed by atoms with Crippen molar-refractivity contribution in [3.05, 3.63) is 29.8 Å². The predicted octanol–water partition coefficient (Wildman–Crippen LogP) is 2.21. The number of fused-ring (bicyclic) bond motifs is 2. The van der Waals surface area contributed by atoms with Gasteiger partial charge in [0.15, 0.2) is 0 Å². The maximum absolute atomic E-state index is 12.9. The molecule has 0 N–H and O–H groups in total. The molecule has 0 saturated carbocycles. The van der Waals surface area contributed by atoms with Crippen molar-refractivity contribution < 1.29 is 14.4 Å². The molecule has 1 fully saturated rings. The topological polar surface area (TPSA) is 57.7 Å². The van der Waals surface area contributed by atoms with Crippen LogP contribution >= 0.6 is 0 Å². The van der Waals surface area contributed by atoms with Crippen LogP contribution in [0.1, 0.15) is 43.5 Å². The first-order chi connectivity index (χ1) is 10.5. The molecule has 3 amide bonds. The number of nitrogens with zero attached hydrogens (tertiary/aromatic N) is 2. The Morgan fingerprint density at radius 2 is 1.91 bits per heavy atom. The molecule has 1 aromatic rings. The minimum absolute atomic E-state index is 0.146. The maximum Gasteiger partial charge on any atom is 0.256 e. The van der Waals surface area contributed by atoms with Crippen LogP contribution in [-0.4, -0.2) is 35.2 Å². The van der Waals surface area contributed by atoms with Crippen LogP contribution in [0.15, 0.2) is 24.3 Å². The van der Waals surface area contributed by atoms with Gasteiger partial charge >= 0.3 is 0 Å². The van der Waals surface area contributed by atoms with Crippen molar-refractivity contribution in [1.29, 1.82) is 0 Å². The Morgan fingerprint density at radius 1 is 1.18 bits per heavy atom. The summed E-state index contributed by atoms with van der Waals surface area (Å²) in [7, 11) is 0. The third-order valence-electron chi connectivity index (χ3n) is 4.36. The monoisotopic (exact) mass is 300 g/mol. The van der Waals surface area contributed by atoms with Gasteiger partial charge in [0, 0.05) is 12.5 Å². The zero-order valence-electron chi connectivity index (χ0n) is 12.9. The third kappa shape index (κ3) is 2.21. The van der Waals surface area contributed by atoms with E-state index in [2.05, 4.69) is 0 Å². The second kappa shape index (κ2) is 5.55. The summed E-state index contributed by atoms with van der Waals surface area (Å²) in [5.41, 5.74) is 0.861. The minimum Gasteiger partial charge on any atom is -0.327 e. The number of imide groups is 1. The van der Waals surface area contributed by atoms with Crippen molar-refractivity contribution in [2.75, 3.05) is 11.4 Å². The van der Waals surface area contributed by atoms with Crippen LogP contribution in [-0.2, 0) is 9.59 Å². The highest BCUT2D eigenvalue weighted by atomic mass is 16.2. The molecule has 3 rings (SSSR count). The number of benzene rings is 1. The number of para-hydroxylation sites is 1. The normalized spacial score (nSPS) is 21.5. The first-order valence-electron chi connectivity index (χ1n) is 7.80. The average Bonchev–Trinajstić information content (AvgIpc) is 2.62. The molecule has 22 heavy (non-hydrogen) atoms. The Morgan fingerprint density at radius 3 is 2.64 bits per heavy atom. The lowest BCUT2D eigenvalue weighted by Crippen LogP contribution is -2.52. The summed E-state index contributed by atoms with van der Waals surface area (Å²) in [5, 5.41) is 0. The number of carbonyl (C=O) groups is 3. The Balaban J connectivity index is 2.16. The molecule has 1 saturated heterocycles. The van der Waals surface area contributed by atoms with Crippen LogP contribution in [0.4, 0.5) is 5.69 Å². The Bertz CT molecular complexity index is 639. The highest BCUT2D eigenvalue weighted by Crippen LogP contribution is 2.32. The molecule has 0 spiro atoms. The number of anilines is 1. The summed E-state index contributed by atoms with van der Waals surface area (Å²) < 4.78 is 0. The molecule has 2 aliphatic heterocycles. The van der Waals surface area contributed by atoms with Crippen molar-refractivity contribution in [2.24, 2.45) is 5.92 Å². The Labute approximate surface area is 129 Å². The standard InChI is InChI=1S/C17H20N2O3/c1-11(2)15(20)19-13-8-4-3-7-12(13)16(21)18-10-6-5-9-14(18)17(19)22/h3-4,7-8,11,14H,5-6,9-10H2,1-2H3. The molecule has 2 heterocycles. The van der Waals surface area contributed by atoms with Gasteiger partial charge in [0.25, 0.3) is 11.8 Å². The molecule has 0 bridgehead atoms. The summed E-state index contributed by atoms with van der Waals surface area (Å²) in [4.78, 5) is 41.2. The maximum atomic E-state index is 12.9. The molecular formula is C17H20N2O3. The number of carbonyl (C=O) groups excluding carboxylic acids is 3. The van der Waals surface area contributed by atoms with Crippen molar-refractivity contribution in [1.82, 2.24) is 4.90 Å². The Hall–Kier alpha value is -2.17. The summed E-state index contributed by atoms with van der Waals surface area (Å²) >= 11 is 0. The quantitative estimate of drug-likeness (QED) is 0.799. The van der Waals surface area contributed by atoms with E-state index in [4.69, 9.17) is 0 Å². The fraction of sp³-hybridized carbons (Fsp3) is 0.471. The van der Waals surface area contributed by atoms with Crippen LogP contribution < -0.4 is 4.90 Å². The number of rotatable bonds is 1. The van der Waals surface area contributed by atoms with Gasteiger partial charge < -0.3 is 4.90 Å². The van der Waals surface area contributed by atoms with Gasteiger partial charge in [-0.1, -0.05) is 26.0 Å². The van der Waals surface area contributed by atoms with E-state index in [9.17, 15) is 14.4 Å². The van der Waals surface area contributed by atoms with Crippen molar-refractivity contribution >= 4 is 23.4 Å². The largest absolute Gasteiger partial charge is 0.327 e. The highest BCUT2D eigenvalue weighted by Gasteiger charge is 2.42. The second-order valence-electron chi connectivity index (χ2n) is 6.19. The van der Waals surface area contributed by atoms with E-state index in [0.717, 1.165) is 12.8 Å². The third-order valence-corrected chi connectivity index (χ3v) is 4.36. The molecule has 5 nitrogen and oxygen atoms in total. The summed E-state index contributed by atoms with van der Waals surface area (Å²) in [6.07, 6.45) is 2.43. The smallest absolute Gasteiger partial charge is 0.256 e. The van der Waals surface area contributed by atoms with E-state index in [1.165, 1.54) is 4.90 Å². The second-order valence-corrected chi connectivity index (χ2v) is 6.19. The lowest BCUT2D eigenvalue weighted by atomic mass is 10.0. The Kier molecular flexibility index (Phi) is 3.72. The van der Waals surface area contributed by atoms with Crippen molar-refractivity contribution in [3.63, 3.8) is 0 Å². The van der Waals surface area contributed by atoms with E-state index >= 15 is 0 Å². The van der Waals surface area contributed by atoms with Crippen molar-refractivity contribution in [2.45, 2.75) is 39.2 Å². The molecule has 1 atom stereocenters. The van der Waals surface area contributed by atoms with Gasteiger partial charge in [-0.2, -0.15) is 0 Å². The van der Waals surface area contributed by atoms with Gasteiger partial charge in [-0.3, -0.25) is 14.4 Å². The fourth-order valence-corrected chi connectivity index (χ4v) is 3.19. The van der Waals surface area contributed by atoms with Gasteiger partial charge in [0.2, 0.25) is 5.91 Å². The minimum atomic E-state index is -0.517. The molecule has 0 radical (unpaired) electrons. The van der Waals surface area contributed by atoms with E-state index < -0.39 is 6.04 Å². The van der Waals surface area contributed by atoms with Crippen LogP contribution in [0.2, 0.25) is 0 Å². The highest BCUT2D eigenvalue weighted by molar-refractivity contribution is 6.22. The van der Waals surface area contributed by atoms with Gasteiger partial charge in [0.1, 0.15) is 6.04 Å². The number of piperidine rings is 1. The van der Waals surface area contributed by atoms with Gasteiger partial charge in [-0.05, 0) is 31.4 Å². The molecule has 1 unspecified atom stereocenters. The van der Waals surface area contributed by atoms with E-state index in [1.54, 1.807) is 43.0 Å². The molecule has 2 aliphatic rings. The average molecular weight is 300 g/mol. The summed E-state index contributed by atoms with van der Waals surface area (Å²) in [6, 6.07) is 6.39. The molecule has 0 aromatic heterocycles. The SMILES string of the molecule is CC(C)C(=O)N1C(=O)C2CCCCN2C(=O)c2ccccc21. The van der Waals surface area contributed by atoms with Crippen LogP contribution in [0, 0.1) is 5.92 Å².